The first-order chi connectivity index (χ1) is 48.3. The van der Waals surface area contributed by atoms with E-state index in [0.29, 0.717) is 25.7 Å². The zero-order valence-corrected chi connectivity index (χ0v) is 67.5. The molecule has 0 aliphatic heterocycles. The second kappa shape index (κ2) is 71.3. The van der Waals surface area contributed by atoms with E-state index in [2.05, 4.69) is 48.5 Å². The minimum Gasteiger partial charge on any atom is -0.462 e. The summed E-state index contributed by atoms with van der Waals surface area (Å²) in [6.45, 7) is 12.0. The van der Waals surface area contributed by atoms with Crippen molar-refractivity contribution in [2.45, 2.75) is 439 Å². The third kappa shape index (κ3) is 73.0. The highest BCUT2D eigenvalue weighted by Gasteiger charge is 2.30. The predicted molar refractivity (Wildman–Crippen MR) is 409 cm³/mol. The number of ether oxygens (including phenoxy) is 4. The van der Waals surface area contributed by atoms with Gasteiger partial charge in [0.1, 0.15) is 19.3 Å². The molecule has 0 fully saturated rings. The fourth-order valence-corrected chi connectivity index (χ4v) is 14.0. The first kappa shape index (κ1) is 98.1. The highest BCUT2D eigenvalue weighted by atomic mass is 31.2. The van der Waals surface area contributed by atoms with Crippen LogP contribution in [0.5, 0.6) is 0 Å². The molecule has 3 N–H and O–H groups in total. The van der Waals surface area contributed by atoms with Crippen molar-refractivity contribution in [3.8, 4) is 0 Å². The summed E-state index contributed by atoms with van der Waals surface area (Å²) in [5.41, 5.74) is 0. The summed E-state index contributed by atoms with van der Waals surface area (Å²) in [6.07, 6.45) is 59.7. The van der Waals surface area contributed by atoms with Gasteiger partial charge in [-0.2, -0.15) is 0 Å². The lowest BCUT2D eigenvalue weighted by atomic mass is 9.99. The zero-order chi connectivity index (χ0) is 73.7. The lowest BCUT2D eigenvalue weighted by Gasteiger charge is -2.21. The molecule has 0 aromatic heterocycles. The monoisotopic (exact) mass is 1470 g/mol. The van der Waals surface area contributed by atoms with Gasteiger partial charge in [-0.1, -0.05) is 370 Å². The summed E-state index contributed by atoms with van der Waals surface area (Å²) in [5, 5.41) is 10.6. The van der Waals surface area contributed by atoms with Crippen LogP contribution in [0.2, 0.25) is 0 Å². The Kier molecular flexibility index (Phi) is 69.9. The Morgan fingerprint density at radius 3 is 0.760 bits per heavy atom. The molecular weight excluding hydrogens is 1310 g/mol. The van der Waals surface area contributed by atoms with E-state index in [1.807, 2.05) is 0 Å². The van der Waals surface area contributed by atoms with Gasteiger partial charge in [-0.3, -0.25) is 37.3 Å². The van der Waals surface area contributed by atoms with Crippen molar-refractivity contribution in [2.24, 2.45) is 17.8 Å². The lowest BCUT2D eigenvalue weighted by molar-refractivity contribution is -0.161. The average Bonchev–Trinajstić information content (AvgIpc) is 0.931. The lowest BCUT2D eigenvalue weighted by Crippen LogP contribution is -2.30. The Morgan fingerprint density at radius 2 is 0.510 bits per heavy atom. The molecule has 100 heavy (non-hydrogen) atoms. The van der Waals surface area contributed by atoms with Gasteiger partial charge >= 0.3 is 39.5 Å². The van der Waals surface area contributed by atoms with E-state index in [0.717, 1.165) is 114 Å². The van der Waals surface area contributed by atoms with E-state index in [4.69, 9.17) is 37.0 Å². The molecular formula is C81H158O17P2. The van der Waals surface area contributed by atoms with Crippen LogP contribution in [-0.2, 0) is 65.4 Å². The SMILES string of the molecule is CCCCCCCCCCC(=O)OC[C@H](COP(=O)(O)OC[C@H](O)COP(=O)(O)OC[C@@H](COC(=O)CCCCCCCCCCCCCCC(C)C)OC(=O)CCCCCCCCCCCCCCCCCCCCC(C)CC)OC(=O)CCCCCCCCCCCCCCC(C)C. The van der Waals surface area contributed by atoms with Crippen LogP contribution in [0.1, 0.15) is 421 Å². The third-order valence-corrected chi connectivity index (χ3v) is 21.1. The van der Waals surface area contributed by atoms with Crippen LogP contribution in [-0.4, -0.2) is 96.7 Å². The zero-order valence-electron chi connectivity index (χ0n) is 65.7. The van der Waals surface area contributed by atoms with E-state index < -0.39 is 97.5 Å². The minimum atomic E-state index is -4.96. The quantitative estimate of drug-likeness (QED) is 0.0222. The topological polar surface area (TPSA) is 237 Å². The molecule has 0 amide bonds. The number of hydrogen-bond donors (Lipinski definition) is 3. The van der Waals surface area contributed by atoms with E-state index >= 15 is 0 Å². The molecule has 17 nitrogen and oxygen atoms in total. The van der Waals surface area contributed by atoms with Crippen LogP contribution in [0.3, 0.4) is 0 Å². The van der Waals surface area contributed by atoms with Crippen molar-refractivity contribution >= 4 is 39.5 Å². The Hall–Kier alpha value is -1.94. The summed E-state index contributed by atoms with van der Waals surface area (Å²) in [5.74, 6) is 0.316. The molecule has 19 heteroatoms. The third-order valence-electron chi connectivity index (χ3n) is 19.2. The Morgan fingerprint density at radius 1 is 0.290 bits per heavy atom. The smallest absolute Gasteiger partial charge is 0.462 e. The largest absolute Gasteiger partial charge is 0.472 e. The first-order valence-electron chi connectivity index (χ1n) is 41.9. The Balaban J connectivity index is 5.18. The molecule has 0 bridgehead atoms. The number of carbonyl (C=O) groups excluding carboxylic acids is 4. The van der Waals surface area contributed by atoms with Gasteiger partial charge in [-0.05, 0) is 43.4 Å². The van der Waals surface area contributed by atoms with Crippen molar-refractivity contribution in [3.05, 3.63) is 0 Å². The second-order valence-corrected chi connectivity index (χ2v) is 33.3. The van der Waals surface area contributed by atoms with Crippen LogP contribution < -0.4 is 0 Å². The van der Waals surface area contributed by atoms with Crippen molar-refractivity contribution in [1.82, 2.24) is 0 Å². The maximum Gasteiger partial charge on any atom is 0.472 e. The molecule has 0 heterocycles. The molecule has 0 rings (SSSR count). The van der Waals surface area contributed by atoms with E-state index in [1.165, 1.54) is 225 Å². The number of rotatable bonds is 79. The number of hydrogen-bond acceptors (Lipinski definition) is 15. The van der Waals surface area contributed by atoms with E-state index in [9.17, 15) is 43.2 Å². The molecule has 0 saturated carbocycles. The van der Waals surface area contributed by atoms with Crippen LogP contribution in [0.15, 0.2) is 0 Å². The average molecular weight is 1470 g/mol. The normalized spacial score (nSPS) is 14.2. The van der Waals surface area contributed by atoms with Crippen molar-refractivity contribution in [1.29, 1.82) is 0 Å². The van der Waals surface area contributed by atoms with Gasteiger partial charge in [0.25, 0.3) is 0 Å². The predicted octanol–water partition coefficient (Wildman–Crippen LogP) is 24.1. The molecule has 0 aromatic rings. The van der Waals surface area contributed by atoms with Crippen LogP contribution >= 0.6 is 15.6 Å². The fraction of sp³-hybridized carbons (Fsp3) is 0.951. The Bertz CT molecular complexity index is 1940. The minimum absolute atomic E-state index is 0.107. The summed E-state index contributed by atoms with van der Waals surface area (Å²) in [7, 11) is -9.92. The second-order valence-electron chi connectivity index (χ2n) is 30.4. The van der Waals surface area contributed by atoms with Crippen LogP contribution in [0.25, 0.3) is 0 Å². The number of carbonyl (C=O) groups is 4. The highest BCUT2D eigenvalue weighted by molar-refractivity contribution is 7.47. The van der Waals surface area contributed by atoms with E-state index in [1.54, 1.807) is 0 Å². The van der Waals surface area contributed by atoms with Gasteiger partial charge in [0.15, 0.2) is 12.2 Å². The molecule has 0 aliphatic carbocycles. The number of phosphoric acid groups is 2. The molecule has 0 radical (unpaired) electrons. The van der Waals surface area contributed by atoms with Crippen molar-refractivity contribution in [2.75, 3.05) is 39.6 Å². The van der Waals surface area contributed by atoms with Gasteiger partial charge in [-0.15, -0.1) is 0 Å². The number of aliphatic hydroxyl groups is 1. The molecule has 0 spiro atoms. The van der Waals surface area contributed by atoms with E-state index in [-0.39, 0.29) is 25.7 Å². The van der Waals surface area contributed by atoms with Crippen LogP contribution in [0, 0.1) is 17.8 Å². The number of phosphoric ester groups is 2. The van der Waals surface area contributed by atoms with Crippen LogP contribution in [0.4, 0.5) is 0 Å². The first-order valence-corrected chi connectivity index (χ1v) is 44.9. The maximum absolute atomic E-state index is 13.1. The summed E-state index contributed by atoms with van der Waals surface area (Å²) in [6, 6.07) is 0. The van der Waals surface area contributed by atoms with Gasteiger partial charge in [0, 0.05) is 25.7 Å². The summed E-state index contributed by atoms with van der Waals surface area (Å²) in [4.78, 5) is 72.9. The maximum atomic E-state index is 13.1. The molecule has 3 unspecified atom stereocenters. The molecule has 594 valence electrons. The number of aliphatic hydroxyl groups excluding tert-OH is 1. The molecule has 0 aliphatic rings. The van der Waals surface area contributed by atoms with Crippen molar-refractivity contribution in [3.63, 3.8) is 0 Å². The van der Waals surface area contributed by atoms with Gasteiger partial charge < -0.3 is 33.8 Å². The van der Waals surface area contributed by atoms with Gasteiger partial charge in [0.2, 0.25) is 0 Å². The summed E-state index contributed by atoms with van der Waals surface area (Å²) < 4.78 is 68.6. The fourth-order valence-electron chi connectivity index (χ4n) is 12.5. The number of esters is 4. The molecule has 0 aromatic carbocycles. The summed E-state index contributed by atoms with van der Waals surface area (Å²) >= 11 is 0. The van der Waals surface area contributed by atoms with Gasteiger partial charge in [0.05, 0.1) is 26.4 Å². The number of unbranched alkanes of at least 4 members (excludes halogenated alkanes) is 46. The molecule has 0 saturated heterocycles. The molecule has 6 atom stereocenters. The highest BCUT2D eigenvalue weighted by Crippen LogP contribution is 2.45. The standard InChI is InChI=1S/C81H158O17P2/c1-8-10-11-12-13-41-48-55-62-78(83)91-68-76(97-81(86)65-58-51-44-37-31-25-23-27-33-39-46-53-60-73(5)6)70-95-99(87,88)93-66-75(82)67-94-100(89,90)96-71-77(69-92-79(84)63-56-49-42-35-29-24-22-26-32-38-45-52-59-72(3)4)98-80(85)64-57-50-43-36-30-21-19-17-15-14-16-18-20-28-34-40-47-54-61-74(7)9-2/h72-77,82H,8-71H2,1-7H3,(H,87,88)(H,89,90)/t74?,75-,76+,77+/m0/s1. The van der Waals surface area contributed by atoms with Gasteiger partial charge in [-0.25, -0.2) is 9.13 Å². The Labute approximate surface area is 613 Å². The van der Waals surface area contributed by atoms with Crippen molar-refractivity contribution < 1.29 is 80.2 Å².